The molecule has 1 saturated heterocycles. The molecule has 1 amide bonds. The average molecular weight is 445 g/mol. The van der Waals surface area contributed by atoms with Crippen molar-refractivity contribution >= 4 is 16.8 Å². The summed E-state index contributed by atoms with van der Waals surface area (Å²) < 4.78 is 6.90. The average Bonchev–Trinajstić information content (AvgIpc) is 3.33. The zero-order chi connectivity index (χ0) is 22.6. The second kappa shape index (κ2) is 9.27. The molecule has 0 unspecified atom stereocenters. The third-order valence-corrected chi connectivity index (χ3v) is 5.89. The number of para-hydroxylation sites is 1. The smallest absolute Gasteiger partial charge is 0.261 e. The van der Waals surface area contributed by atoms with Crippen molar-refractivity contribution < 1.29 is 9.32 Å². The standard InChI is InChI=1S/C23H23N7O3/c31-21(7-11-30-15-26-18-6-2-1-5-17(18)23(30)32)29-10-3-4-16(14-29)12-20-27-22(28-33-20)19-13-24-8-9-25-19/h1-2,5-6,8-9,13,15-16H,3-4,7,10-12,14H2/t16-/m0/s1. The highest BCUT2D eigenvalue weighted by atomic mass is 16.5. The fraction of sp³-hybridized carbons (Fsp3) is 0.348. The van der Waals surface area contributed by atoms with Gasteiger partial charge in [-0.25, -0.2) is 9.97 Å². The molecule has 1 aliphatic heterocycles. The van der Waals surface area contributed by atoms with Crippen molar-refractivity contribution in [3.05, 3.63) is 65.4 Å². The third kappa shape index (κ3) is 4.64. The monoisotopic (exact) mass is 445 g/mol. The first-order valence-electron chi connectivity index (χ1n) is 11.0. The number of hydrogen-bond acceptors (Lipinski definition) is 8. The molecule has 3 aromatic heterocycles. The second-order valence-corrected chi connectivity index (χ2v) is 8.16. The van der Waals surface area contributed by atoms with Crippen molar-refractivity contribution in [3.8, 4) is 11.5 Å². The van der Waals surface area contributed by atoms with Crippen molar-refractivity contribution in [1.82, 2.24) is 34.6 Å². The van der Waals surface area contributed by atoms with Crippen molar-refractivity contribution in [3.63, 3.8) is 0 Å². The Morgan fingerprint density at radius 3 is 2.97 bits per heavy atom. The predicted molar refractivity (Wildman–Crippen MR) is 119 cm³/mol. The van der Waals surface area contributed by atoms with Gasteiger partial charge in [-0.1, -0.05) is 17.3 Å². The summed E-state index contributed by atoms with van der Waals surface area (Å²) in [4.78, 5) is 44.3. The van der Waals surface area contributed by atoms with Gasteiger partial charge < -0.3 is 9.42 Å². The fourth-order valence-corrected chi connectivity index (χ4v) is 4.20. The highest BCUT2D eigenvalue weighted by Gasteiger charge is 2.25. The summed E-state index contributed by atoms with van der Waals surface area (Å²) in [5.41, 5.74) is 1.10. The van der Waals surface area contributed by atoms with Gasteiger partial charge >= 0.3 is 0 Å². The van der Waals surface area contributed by atoms with Gasteiger partial charge in [0.1, 0.15) is 5.69 Å². The summed E-state index contributed by atoms with van der Waals surface area (Å²) in [7, 11) is 0. The van der Waals surface area contributed by atoms with Crippen LogP contribution in [-0.2, 0) is 17.8 Å². The number of fused-ring (bicyclic) bond motifs is 1. The van der Waals surface area contributed by atoms with E-state index in [9.17, 15) is 9.59 Å². The minimum Gasteiger partial charge on any atom is -0.342 e. The SMILES string of the molecule is O=C(CCn1cnc2ccccc2c1=O)N1CCC[C@@H](Cc2nc(-c3cnccn3)no2)C1. The van der Waals surface area contributed by atoms with E-state index >= 15 is 0 Å². The summed E-state index contributed by atoms with van der Waals surface area (Å²) in [6.45, 7) is 1.66. The van der Waals surface area contributed by atoms with Gasteiger partial charge in [-0.15, -0.1) is 0 Å². The molecule has 1 aliphatic rings. The van der Waals surface area contributed by atoms with Crippen molar-refractivity contribution in [2.45, 2.75) is 32.2 Å². The van der Waals surface area contributed by atoms with Crippen LogP contribution in [0.15, 0.2) is 58.5 Å². The molecule has 10 heteroatoms. The van der Waals surface area contributed by atoms with Gasteiger partial charge in [0.05, 0.1) is 23.4 Å². The van der Waals surface area contributed by atoms with Crippen LogP contribution in [-0.4, -0.2) is 53.6 Å². The maximum Gasteiger partial charge on any atom is 0.261 e. The molecule has 33 heavy (non-hydrogen) atoms. The highest BCUT2D eigenvalue weighted by molar-refractivity contribution is 5.77. The number of aryl methyl sites for hydroxylation is 1. The Morgan fingerprint density at radius 1 is 1.18 bits per heavy atom. The van der Waals surface area contributed by atoms with E-state index in [0.717, 1.165) is 19.4 Å². The molecular weight excluding hydrogens is 422 g/mol. The molecule has 168 valence electrons. The molecule has 0 N–H and O–H groups in total. The summed E-state index contributed by atoms with van der Waals surface area (Å²) in [6, 6.07) is 7.22. The first-order chi connectivity index (χ1) is 16.2. The van der Waals surface area contributed by atoms with Gasteiger partial charge in [-0.2, -0.15) is 4.98 Å². The lowest BCUT2D eigenvalue weighted by Crippen LogP contribution is -2.41. The van der Waals surface area contributed by atoms with Crippen LogP contribution in [0, 0.1) is 5.92 Å². The Bertz CT molecular complexity index is 1320. The van der Waals surface area contributed by atoms with E-state index < -0.39 is 0 Å². The van der Waals surface area contributed by atoms with Crippen LogP contribution >= 0.6 is 0 Å². The maximum absolute atomic E-state index is 12.9. The molecule has 4 heterocycles. The van der Waals surface area contributed by atoms with E-state index in [1.54, 1.807) is 30.7 Å². The lowest BCUT2D eigenvalue weighted by atomic mass is 9.94. The van der Waals surface area contributed by atoms with E-state index in [1.165, 1.54) is 10.9 Å². The van der Waals surface area contributed by atoms with Crippen LogP contribution < -0.4 is 5.56 Å². The normalized spacial score (nSPS) is 16.2. The fourth-order valence-electron chi connectivity index (χ4n) is 4.20. The second-order valence-electron chi connectivity index (χ2n) is 8.16. The van der Waals surface area contributed by atoms with Gasteiger partial charge in [-0.3, -0.25) is 19.1 Å². The molecule has 0 spiro atoms. The number of piperidine rings is 1. The maximum atomic E-state index is 12.9. The number of amides is 1. The molecule has 1 fully saturated rings. The summed E-state index contributed by atoms with van der Waals surface area (Å²) in [5.74, 6) is 1.22. The molecule has 0 radical (unpaired) electrons. The molecule has 10 nitrogen and oxygen atoms in total. The van der Waals surface area contributed by atoms with Crippen LogP contribution in [0.5, 0.6) is 0 Å². The van der Waals surface area contributed by atoms with E-state index in [1.807, 2.05) is 17.0 Å². The van der Waals surface area contributed by atoms with Crippen molar-refractivity contribution in [2.75, 3.05) is 13.1 Å². The molecule has 1 aromatic carbocycles. The molecular formula is C23H23N7O3. The topological polar surface area (TPSA) is 120 Å². The highest BCUT2D eigenvalue weighted by Crippen LogP contribution is 2.22. The lowest BCUT2D eigenvalue weighted by Gasteiger charge is -2.32. The van der Waals surface area contributed by atoms with Gasteiger partial charge in [0.15, 0.2) is 0 Å². The van der Waals surface area contributed by atoms with E-state index in [4.69, 9.17) is 4.52 Å². The minimum atomic E-state index is -0.125. The van der Waals surface area contributed by atoms with E-state index in [2.05, 4.69) is 25.1 Å². The van der Waals surface area contributed by atoms with E-state index in [0.29, 0.717) is 47.8 Å². The number of nitrogens with zero attached hydrogens (tertiary/aromatic N) is 7. The zero-order valence-corrected chi connectivity index (χ0v) is 18.0. The van der Waals surface area contributed by atoms with E-state index in [-0.39, 0.29) is 23.8 Å². The Labute approximate surface area is 189 Å². The number of carbonyl (C=O) groups is 1. The van der Waals surface area contributed by atoms with Gasteiger partial charge in [-0.05, 0) is 30.9 Å². The quantitative estimate of drug-likeness (QED) is 0.443. The van der Waals surface area contributed by atoms with Gasteiger partial charge in [0.25, 0.3) is 5.56 Å². The molecule has 4 aromatic rings. The first-order valence-corrected chi connectivity index (χ1v) is 11.0. The number of likely N-dealkylation sites (tertiary alicyclic amines) is 1. The molecule has 0 aliphatic carbocycles. The van der Waals surface area contributed by atoms with Gasteiger partial charge in [0, 0.05) is 44.9 Å². The lowest BCUT2D eigenvalue weighted by molar-refractivity contribution is -0.133. The molecule has 0 bridgehead atoms. The number of hydrogen-bond donors (Lipinski definition) is 0. The molecule has 1 atom stereocenters. The van der Waals surface area contributed by atoms with Crippen LogP contribution in [0.2, 0.25) is 0 Å². The summed E-state index contributed by atoms with van der Waals surface area (Å²) in [5, 5.41) is 4.55. The minimum absolute atomic E-state index is 0.0329. The Hall–Kier alpha value is -3.95. The number of rotatable bonds is 6. The summed E-state index contributed by atoms with van der Waals surface area (Å²) >= 11 is 0. The number of aromatic nitrogens is 6. The largest absolute Gasteiger partial charge is 0.342 e. The molecule has 5 rings (SSSR count). The van der Waals surface area contributed by atoms with Crippen LogP contribution in [0.25, 0.3) is 22.4 Å². The van der Waals surface area contributed by atoms with Crippen LogP contribution in [0.1, 0.15) is 25.2 Å². The Morgan fingerprint density at radius 2 is 2.09 bits per heavy atom. The van der Waals surface area contributed by atoms with Crippen LogP contribution in [0.4, 0.5) is 0 Å². The van der Waals surface area contributed by atoms with Crippen molar-refractivity contribution in [2.24, 2.45) is 5.92 Å². The van der Waals surface area contributed by atoms with Gasteiger partial charge in [0.2, 0.25) is 17.6 Å². The number of benzene rings is 1. The summed E-state index contributed by atoms with van der Waals surface area (Å²) in [6.07, 6.45) is 9.03. The Kier molecular flexibility index (Phi) is 5.88. The Balaban J connectivity index is 1.19. The number of carbonyl (C=O) groups excluding carboxylic acids is 1. The van der Waals surface area contributed by atoms with Crippen LogP contribution in [0.3, 0.4) is 0 Å². The third-order valence-electron chi connectivity index (χ3n) is 5.89. The first kappa shape index (κ1) is 20.9. The zero-order valence-electron chi connectivity index (χ0n) is 18.0. The molecule has 0 saturated carbocycles. The van der Waals surface area contributed by atoms with Crippen molar-refractivity contribution in [1.29, 1.82) is 0 Å². The predicted octanol–water partition coefficient (Wildman–Crippen LogP) is 2.11.